The summed E-state index contributed by atoms with van der Waals surface area (Å²) in [5.74, 6) is -3.17. The fourth-order valence-electron chi connectivity index (χ4n) is 5.27. The monoisotopic (exact) mass is 698 g/mol. The van der Waals surface area contributed by atoms with E-state index < -0.39 is 12.1 Å². The van der Waals surface area contributed by atoms with Crippen LogP contribution in [0.15, 0.2) is 30.5 Å². The molecule has 1 aromatic heterocycles. The first kappa shape index (κ1) is 35.7. The second kappa shape index (κ2) is 15.0. The highest BCUT2D eigenvalue weighted by Crippen LogP contribution is 2.36. The van der Waals surface area contributed by atoms with Crippen molar-refractivity contribution in [2.75, 3.05) is 33.2 Å². The molecule has 2 aliphatic heterocycles. The van der Waals surface area contributed by atoms with Crippen molar-refractivity contribution in [3.63, 3.8) is 0 Å². The molecule has 0 saturated carbocycles. The molecular formula is C28H29Cl4F3N4O5. The second-order valence-corrected chi connectivity index (χ2v) is 12.0. The molecule has 0 bridgehead atoms. The highest BCUT2D eigenvalue weighted by Gasteiger charge is 2.40. The van der Waals surface area contributed by atoms with E-state index in [9.17, 15) is 27.6 Å². The standard InChI is InChI=1S/C26H28Cl4N4O3.C2HF3O2/c1-15(35)33-8-5-16(6-9-33)26(37)34-10-7-23(19(14-34)17-3-4-20(27)21(28)11-17)32(2)25(36)18-12-22(29)24(30)31-13-18;3-2(4,5)1(6)7/h3-4,11-13,16,19,23H,5-10,14H2,1-2H3;(H,6,7)/t19-,23+;/m0./s1. The van der Waals surface area contributed by atoms with Gasteiger partial charge in [-0.25, -0.2) is 9.78 Å². The Balaban J connectivity index is 0.000000676. The Kier molecular flexibility index (Phi) is 12.2. The number of carboxylic acid groups (broad SMARTS) is 1. The predicted octanol–water partition coefficient (Wildman–Crippen LogP) is 6.04. The molecule has 1 aromatic carbocycles. The fourth-order valence-corrected chi connectivity index (χ4v) is 5.84. The molecule has 2 saturated heterocycles. The third kappa shape index (κ3) is 8.89. The molecule has 2 aliphatic rings. The zero-order chi connectivity index (χ0) is 32.9. The maximum absolute atomic E-state index is 13.5. The Morgan fingerprint density at radius 3 is 2.05 bits per heavy atom. The van der Waals surface area contributed by atoms with Gasteiger partial charge in [0.15, 0.2) is 0 Å². The summed E-state index contributed by atoms with van der Waals surface area (Å²) in [6, 6.07) is 6.74. The van der Waals surface area contributed by atoms with Crippen molar-refractivity contribution < 1.29 is 37.5 Å². The van der Waals surface area contributed by atoms with Crippen LogP contribution >= 0.6 is 46.4 Å². The van der Waals surface area contributed by atoms with Gasteiger partial charge in [0.25, 0.3) is 5.91 Å². The average Bonchev–Trinajstić information content (AvgIpc) is 2.98. The van der Waals surface area contributed by atoms with Gasteiger partial charge >= 0.3 is 12.1 Å². The lowest BCUT2D eigenvalue weighted by molar-refractivity contribution is -0.192. The summed E-state index contributed by atoms with van der Waals surface area (Å²) in [5, 5.41) is 8.32. The molecule has 3 heterocycles. The van der Waals surface area contributed by atoms with E-state index in [4.69, 9.17) is 56.3 Å². The first-order chi connectivity index (χ1) is 20.5. The molecule has 4 rings (SSSR count). The van der Waals surface area contributed by atoms with Crippen molar-refractivity contribution in [2.24, 2.45) is 5.92 Å². The normalized spacial score (nSPS) is 19.1. The number of aliphatic carboxylic acids is 1. The van der Waals surface area contributed by atoms with E-state index in [2.05, 4.69) is 4.98 Å². The molecule has 2 fully saturated rings. The lowest BCUT2D eigenvalue weighted by Gasteiger charge is -2.44. The number of carbonyl (C=O) groups excluding carboxylic acids is 3. The number of amides is 3. The highest BCUT2D eigenvalue weighted by molar-refractivity contribution is 6.42. The first-order valence-corrected chi connectivity index (χ1v) is 14.9. The van der Waals surface area contributed by atoms with Crippen molar-refractivity contribution in [1.82, 2.24) is 19.7 Å². The van der Waals surface area contributed by atoms with Crippen molar-refractivity contribution in [3.8, 4) is 0 Å². The highest BCUT2D eigenvalue weighted by atomic mass is 35.5. The number of halogens is 7. The summed E-state index contributed by atoms with van der Waals surface area (Å²) in [6.07, 6.45) is -1.79. The van der Waals surface area contributed by atoms with Gasteiger partial charge in [0.1, 0.15) is 5.15 Å². The van der Waals surface area contributed by atoms with E-state index in [1.54, 1.807) is 35.9 Å². The van der Waals surface area contributed by atoms with Gasteiger partial charge in [-0.2, -0.15) is 13.2 Å². The number of carboxylic acids is 1. The number of pyridine rings is 1. The van der Waals surface area contributed by atoms with E-state index >= 15 is 0 Å². The van der Waals surface area contributed by atoms with E-state index in [0.29, 0.717) is 61.1 Å². The van der Waals surface area contributed by atoms with Crippen molar-refractivity contribution in [1.29, 1.82) is 0 Å². The SMILES string of the molecule is CC(=O)N1CCC(C(=O)N2CC[C@@H](N(C)C(=O)c3cnc(Cl)c(Cl)c3)[C@H](c3ccc(Cl)c(Cl)c3)C2)CC1.O=C(O)C(F)(F)F. The van der Waals surface area contributed by atoms with Crippen LogP contribution in [0.25, 0.3) is 0 Å². The number of hydrogen-bond donors (Lipinski definition) is 1. The molecule has 0 spiro atoms. The third-order valence-corrected chi connectivity index (χ3v) is 9.08. The molecule has 2 aromatic rings. The third-order valence-electron chi connectivity index (χ3n) is 7.65. The smallest absolute Gasteiger partial charge is 0.475 e. The summed E-state index contributed by atoms with van der Waals surface area (Å²) in [7, 11) is 1.75. The van der Waals surface area contributed by atoms with Gasteiger partial charge in [-0.3, -0.25) is 14.4 Å². The average molecular weight is 700 g/mol. The van der Waals surface area contributed by atoms with Gasteiger partial charge in [-0.15, -0.1) is 0 Å². The van der Waals surface area contributed by atoms with Crippen LogP contribution in [-0.4, -0.2) is 93.9 Å². The van der Waals surface area contributed by atoms with Crippen LogP contribution in [0, 0.1) is 5.92 Å². The second-order valence-electron chi connectivity index (χ2n) is 10.4. The number of hydrogen-bond acceptors (Lipinski definition) is 5. The number of rotatable bonds is 4. The van der Waals surface area contributed by atoms with Crippen LogP contribution in [0.3, 0.4) is 0 Å². The zero-order valence-corrected chi connectivity index (χ0v) is 26.6. The van der Waals surface area contributed by atoms with Crippen LogP contribution in [0.1, 0.15) is 48.0 Å². The maximum Gasteiger partial charge on any atom is 0.490 e. The Hall–Kier alpha value is -2.80. The number of nitrogens with zero attached hydrogens (tertiary/aromatic N) is 4. The molecule has 44 heavy (non-hydrogen) atoms. The van der Waals surface area contributed by atoms with Crippen LogP contribution in [-0.2, 0) is 14.4 Å². The van der Waals surface area contributed by atoms with Crippen LogP contribution in [0.4, 0.5) is 13.2 Å². The number of likely N-dealkylation sites (tertiary alicyclic amines) is 2. The minimum absolute atomic E-state index is 0.0382. The lowest BCUT2D eigenvalue weighted by Crippen LogP contribution is -2.53. The largest absolute Gasteiger partial charge is 0.490 e. The van der Waals surface area contributed by atoms with Crippen LogP contribution in [0.5, 0.6) is 0 Å². The number of piperidine rings is 2. The van der Waals surface area contributed by atoms with Crippen molar-refractivity contribution >= 4 is 70.1 Å². The van der Waals surface area contributed by atoms with Gasteiger partial charge in [-0.05, 0) is 43.0 Å². The molecule has 0 aliphatic carbocycles. The Bertz CT molecular complexity index is 1410. The summed E-state index contributed by atoms with van der Waals surface area (Å²) in [6.45, 7) is 3.69. The Morgan fingerprint density at radius 2 is 1.52 bits per heavy atom. The summed E-state index contributed by atoms with van der Waals surface area (Å²) < 4.78 is 31.7. The van der Waals surface area contributed by atoms with Gasteiger partial charge in [0, 0.05) is 64.2 Å². The predicted molar refractivity (Wildman–Crippen MR) is 159 cm³/mol. The van der Waals surface area contributed by atoms with Crippen LogP contribution < -0.4 is 0 Å². The maximum atomic E-state index is 13.5. The van der Waals surface area contributed by atoms with Crippen LogP contribution in [0.2, 0.25) is 20.2 Å². The zero-order valence-electron chi connectivity index (χ0n) is 23.6. The fraction of sp³-hybridized carbons (Fsp3) is 0.464. The minimum atomic E-state index is -5.08. The molecule has 0 unspecified atom stereocenters. The number of aromatic nitrogens is 1. The van der Waals surface area contributed by atoms with Crippen molar-refractivity contribution in [3.05, 3.63) is 61.8 Å². The van der Waals surface area contributed by atoms with Gasteiger partial charge in [0.2, 0.25) is 11.8 Å². The molecule has 0 radical (unpaired) electrons. The van der Waals surface area contributed by atoms with Gasteiger partial charge < -0.3 is 19.8 Å². The molecule has 9 nitrogen and oxygen atoms in total. The van der Waals surface area contributed by atoms with Gasteiger partial charge in [-0.1, -0.05) is 52.5 Å². The lowest BCUT2D eigenvalue weighted by atomic mass is 9.83. The molecule has 3 amide bonds. The molecule has 2 atom stereocenters. The summed E-state index contributed by atoms with van der Waals surface area (Å²) >= 11 is 24.6. The van der Waals surface area contributed by atoms with E-state index in [1.165, 1.54) is 12.3 Å². The number of likely N-dealkylation sites (N-methyl/N-ethyl adjacent to an activating group) is 1. The van der Waals surface area contributed by atoms with Crippen molar-refractivity contribution in [2.45, 2.75) is 44.3 Å². The minimum Gasteiger partial charge on any atom is -0.475 e. The number of benzene rings is 1. The molecule has 240 valence electrons. The van der Waals surface area contributed by atoms with E-state index in [1.807, 2.05) is 11.0 Å². The Labute approximate surface area is 271 Å². The topological polar surface area (TPSA) is 111 Å². The van der Waals surface area contributed by atoms with E-state index in [0.717, 1.165) is 5.56 Å². The Morgan fingerprint density at radius 1 is 0.932 bits per heavy atom. The quantitative estimate of drug-likeness (QED) is 0.390. The molecular weight excluding hydrogens is 671 g/mol. The number of carbonyl (C=O) groups is 4. The van der Waals surface area contributed by atoms with E-state index in [-0.39, 0.29) is 45.8 Å². The summed E-state index contributed by atoms with van der Waals surface area (Å²) in [5.41, 5.74) is 1.23. The summed E-state index contributed by atoms with van der Waals surface area (Å²) in [4.78, 5) is 56.8. The molecule has 1 N–H and O–H groups in total. The molecule has 16 heteroatoms. The number of alkyl halides is 3. The van der Waals surface area contributed by atoms with Gasteiger partial charge in [0.05, 0.1) is 20.6 Å². The first-order valence-electron chi connectivity index (χ1n) is 13.4.